The van der Waals surface area contributed by atoms with Crippen LogP contribution in [0.15, 0.2) is 36.7 Å². The van der Waals surface area contributed by atoms with E-state index in [4.69, 9.17) is 0 Å². The van der Waals surface area contributed by atoms with Gasteiger partial charge in [-0.1, -0.05) is 38.0 Å². The molecule has 1 aromatic carbocycles. The van der Waals surface area contributed by atoms with E-state index in [0.717, 1.165) is 19.3 Å². The number of halogens is 1. The summed E-state index contributed by atoms with van der Waals surface area (Å²) in [5, 5.41) is 2.91. The van der Waals surface area contributed by atoms with Gasteiger partial charge in [0.05, 0.1) is 0 Å². The number of nitrogens with one attached hydrogen (secondary N) is 1. The van der Waals surface area contributed by atoms with Gasteiger partial charge in [0.2, 0.25) is 5.91 Å². The second-order valence-electron chi connectivity index (χ2n) is 5.38. The molecule has 22 heavy (non-hydrogen) atoms. The lowest BCUT2D eigenvalue weighted by Crippen LogP contribution is -2.31. The Bertz CT molecular complexity index is 624. The molecule has 1 atom stereocenters. The monoisotopic (exact) mass is 303 g/mol. The average Bonchev–Trinajstić information content (AvgIpc) is 2.92. The van der Waals surface area contributed by atoms with Crippen molar-refractivity contribution in [2.24, 2.45) is 7.05 Å². The van der Waals surface area contributed by atoms with Crippen molar-refractivity contribution in [1.82, 2.24) is 14.9 Å². The maximum atomic E-state index is 14.1. The van der Waals surface area contributed by atoms with Crippen molar-refractivity contribution in [3.8, 4) is 0 Å². The summed E-state index contributed by atoms with van der Waals surface area (Å²) < 4.78 is 15.9. The average molecular weight is 303 g/mol. The third kappa shape index (κ3) is 3.93. The first-order valence-electron chi connectivity index (χ1n) is 7.64. The summed E-state index contributed by atoms with van der Waals surface area (Å²) in [6.07, 6.45) is 6.79. The zero-order valence-corrected chi connectivity index (χ0v) is 13.1. The molecular weight excluding hydrogens is 281 g/mol. The molecule has 5 heteroatoms. The molecule has 1 aromatic heterocycles. The first-order valence-corrected chi connectivity index (χ1v) is 7.64. The highest BCUT2D eigenvalue weighted by atomic mass is 19.1. The standard InChI is InChI=1S/C17H22FN3O/c1-3-4-5-10-15(22)20-16(17-19-11-12-21(17)2)13-8-6-7-9-14(13)18/h6-9,11-12,16H,3-5,10H2,1-2H3,(H,20,22). The van der Waals surface area contributed by atoms with Crippen molar-refractivity contribution in [3.05, 3.63) is 53.9 Å². The summed E-state index contributed by atoms with van der Waals surface area (Å²) >= 11 is 0. The predicted molar refractivity (Wildman–Crippen MR) is 83.7 cm³/mol. The number of rotatable bonds is 7. The Balaban J connectivity index is 2.22. The van der Waals surface area contributed by atoms with Crippen LogP contribution in [0.2, 0.25) is 0 Å². The summed E-state index contributed by atoms with van der Waals surface area (Å²) in [6, 6.07) is 5.90. The molecule has 2 rings (SSSR count). The van der Waals surface area contributed by atoms with Gasteiger partial charge in [0.15, 0.2) is 0 Å². The van der Waals surface area contributed by atoms with Crippen molar-refractivity contribution in [3.63, 3.8) is 0 Å². The van der Waals surface area contributed by atoms with Gasteiger partial charge in [-0.15, -0.1) is 0 Å². The summed E-state index contributed by atoms with van der Waals surface area (Å²) in [5.74, 6) is 0.197. The second-order valence-corrected chi connectivity index (χ2v) is 5.38. The van der Waals surface area contributed by atoms with Gasteiger partial charge in [0.1, 0.15) is 17.7 Å². The lowest BCUT2D eigenvalue weighted by molar-refractivity contribution is -0.121. The number of amides is 1. The van der Waals surface area contributed by atoms with Crippen LogP contribution in [0.4, 0.5) is 4.39 Å². The second kappa shape index (κ2) is 7.73. The molecule has 1 amide bonds. The number of carbonyl (C=O) groups excluding carboxylic acids is 1. The Morgan fingerprint density at radius 1 is 1.36 bits per heavy atom. The Morgan fingerprint density at radius 2 is 2.14 bits per heavy atom. The molecule has 1 N–H and O–H groups in total. The van der Waals surface area contributed by atoms with Gasteiger partial charge in [0, 0.05) is 31.4 Å². The van der Waals surface area contributed by atoms with Crippen molar-refractivity contribution in [2.45, 2.75) is 38.6 Å². The molecule has 0 aliphatic rings. The molecule has 0 saturated carbocycles. The van der Waals surface area contributed by atoms with Crippen molar-refractivity contribution in [2.75, 3.05) is 0 Å². The predicted octanol–water partition coefficient (Wildman–Crippen LogP) is 3.35. The third-order valence-corrected chi connectivity index (χ3v) is 3.65. The lowest BCUT2D eigenvalue weighted by atomic mass is 10.0. The largest absolute Gasteiger partial charge is 0.342 e. The quantitative estimate of drug-likeness (QED) is 0.797. The summed E-state index contributed by atoms with van der Waals surface area (Å²) in [6.45, 7) is 2.09. The van der Waals surface area contributed by atoms with E-state index in [1.54, 1.807) is 35.2 Å². The van der Waals surface area contributed by atoms with Gasteiger partial charge in [-0.2, -0.15) is 0 Å². The normalized spacial score (nSPS) is 12.1. The molecule has 0 aliphatic heterocycles. The highest BCUT2D eigenvalue weighted by Gasteiger charge is 2.23. The number of benzene rings is 1. The van der Waals surface area contributed by atoms with Gasteiger partial charge in [0.25, 0.3) is 0 Å². The van der Waals surface area contributed by atoms with Crippen molar-refractivity contribution < 1.29 is 9.18 Å². The maximum Gasteiger partial charge on any atom is 0.220 e. The molecule has 0 fully saturated rings. The zero-order valence-electron chi connectivity index (χ0n) is 13.1. The molecular formula is C17H22FN3O. The Hall–Kier alpha value is -2.17. The fourth-order valence-electron chi connectivity index (χ4n) is 2.41. The minimum absolute atomic E-state index is 0.0790. The van der Waals surface area contributed by atoms with E-state index < -0.39 is 6.04 Å². The van der Waals surface area contributed by atoms with Gasteiger partial charge < -0.3 is 9.88 Å². The molecule has 4 nitrogen and oxygen atoms in total. The van der Waals surface area contributed by atoms with Gasteiger partial charge in [-0.05, 0) is 12.5 Å². The van der Waals surface area contributed by atoms with Crippen LogP contribution in [0.3, 0.4) is 0 Å². The van der Waals surface area contributed by atoms with E-state index in [2.05, 4.69) is 17.2 Å². The third-order valence-electron chi connectivity index (χ3n) is 3.65. The highest BCUT2D eigenvalue weighted by molar-refractivity contribution is 5.76. The molecule has 0 saturated heterocycles. The SMILES string of the molecule is CCCCCC(=O)NC(c1ccccc1F)c1nccn1C. The molecule has 0 spiro atoms. The first kappa shape index (κ1) is 16.2. The Kier molecular flexibility index (Phi) is 5.69. The van der Waals surface area contributed by atoms with E-state index in [9.17, 15) is 9.18 Å². The van der Waals surface area contributed by atoms with Crippen LogP contribution in [-0.4, -0.2) is 15.5 Å². The first-order chi connectivity index (χ1) is 10.6. The Labute approximate surface area is 130 Å². The molecule has 0 bridgehead atoms. The highest BCUT2D eigenvalue weighted by Crippen LogP contribution is 2.23. The molecule has 2 aromatic rings. The number of hydrogen-bond acceptors (Lipinski definition) is 2. The molecule has 0 aliphatic carbocycles. The Morgan fingerprint density at radius 3 is 2.77 bits per heavy atom. The van der Waals surface area contributed by atoms with Crippen LogP contribution >= 0.6 is 0 Å². The number of nitrogens with zero attached hydrogens (tertiary/aromatic N) is 2. The fourth-order valence-corrected chi connectivity index (χ4v) is 2.41. The summed E-state index contributed by atoms with van der Waals surface area (Å²) in [7, 11) is 1.83. The van der Waals surface area contributed by atoms with Crippen molar-refractivity contribution >= 4 is 5.91 Å². The smallest absolute Gasteiger partial charge is 0.220 e. The van der Waals surface area contributed by atoms with E-state index in [-0.39, 0.29) is 11.7 Å². The number of hydrogen-bond donors (Lipinski definition) is 1. The van der Waals surface area contributed by atoms with E-state index in [1.807, 2.05) is 7.05 Å². The van der Waals surface area contributed by atoms with Crippen molar-refractivity contribution in [1.29, 1.82) is 0 Å². The van der Waals surface area contributed by atoms with Crippen LogP contribution in [0, 0.1) is 5.82 Å². The molecule has 118 valence electrons. The van der Waals surface area contributed by atoms with E-state index in [0.29, 0.717) is 17.8 Å². The maximum absolute atomic E-state index is 14.1. The number of unbranched alkanes of at least 4 members (excludes halogenated alkanes) is 2. The summed E-state index contributed by atoms with van der Waals surface area (Å²) in [5.41, 5.74) is 0.431. The number of carbonyl (C=O) groups is 1. The fraction of sp³-hybridized carbons (Fsp3) is 0.412. The van der Waals surface area contributed by atoms with Crippen LogP contribution in [0.1, 0.15) is 50.0 Å². The van der Waals surface area contributed by atoms with Crippen LogP contribution in [0.25, 0.3) is 0 Å². The van der Waals surface area contributed by atoms with Crippen LogP contribution in [-0.2, 0) is 11.8 Å². The van der Waals surface area contributed by atoms with E-state index >= 15 is 0 Å². The minimum atomic E-state index is -0.574. The number of aryl methyl sites for hydroxylation is 1. The van der Waals surface area contributed by atoms with E-state index in [1.165, 1.54) is 6.07 Å². The van der Waals surface area contributed by atoms with Crippen LogP contribution < -0.4 is 5.32 Å². The van der Waals surface area contributed by atoms with Gasteiger partial charge >= 0.3 is 0 Å². The number of aromatic nitrogens is 2. The molecule has 1 unspecified atom stereocenters. The lowest BCUT2D eigenvalue weighted by Gasteiger charge is -2.19. The van der Waals surface area contributed by atoms with Crippen LogP contribution in [0.5, 0.6) is 0 Å². The molecule has 1 heterocycles. The number of imidazole rings is 1. The molecule has 0 radical (unpaired) electrons. The minimum Gasteiger partial charge on any atom is -0.342 e. The topological polar surface area (TPSA) is 46.9 Å². The zero-order chi connectivity index (χ0) is 15.9. The van der Waals surface area contributed by atoms with Gasteiger partial charge in [-0.25, -0.2) is 9.37 Å². The summed E-state index contributed by atoms with van der Waals surface area (Å²) in [4.78, 5) is 16.4. The van der Waals surface area contributed by atoms with Gasteiger partial charge in [-0.3, -0.25) is 4.79 Å².